The number of benzene rings is 7. The second-order valence-corrected chi connectivity index (χ2v) is 14.1. The molecule has 8 aromatic rings. The van der Waals surface area contributed by atoms with Gasteiger partial charge in [0.25, 0.3) is 0 Å². The van der Waals surface area contributed by atoms with E-state index in [1.54, 1.807) is 0 Å². The van der Waals surface area contributed by atoms with Gasteiger partial charge in [0, 0.05) is 50.7 Å². The minimum Gasteiger partial charge on any atom is -0.398 e. The number of para-hydroxylation sites is 2. The lowest BCUT2D eigenvalue weighted by molar-refractivity contribution is 1.18. The van der Waals surface area contributed by atoms with Crippen molar-refractivity contribution in [3.63, 3.8) is 0 Å². The second kappa shape index (κ2) is 12.5. The first kappa shape index (κ1) is 31.6. The van der Waals surface area contributed by atoms with E-state index in [4.69, 9.17) is 5.73 Å². The molecule has 2 aliphatic rings. The molecule has 0 amide bonds. The topological polar surface area (TPSA) is 34.2 Å². The summed E-state index contributed by atoms with van der Waals surface area (Å²) in [5.41, 5.74) is 26.2. The lowest BCUT2D eigenvalue weighted by Crippen LogP contribution is -2.11. The van der Waals surface area contributed by atoms with Crippen molar-refractivity contribution in [2.75, 3.05) is 4.90 Å². The Morgan fingerprint density at radius 3 is 2.15 bits per heavy atom. The molecule has 3 heteroatoms. The molecule has 0 atom stereocenters. The third-order valence-corrected chi connectivity index (χ3v) is 11.0. The van der Waals surface area contributed by atoms with Gasteiger partial charge in [0.15, 0.2) is 0 Å². The Morgan fingerprint density at radius 2 is 1.26 bits per heavy atom. The Labute approximate surface area is 315 Å². The molecule has 7 aromatic carbocycles. The molecule has 2 heterocycles. The van der Waals surface area contributed by atoms with Crippen LogP contribution in [-0.4, -0.2) is 4.57 Å². The summed E-state index contributed by atoms with van der Waals surface area (Å²) in [4.78, 5) is 2.23. The molecule has 0 bridgehead atoms. The molecule has 54 heavy (non-hydrogen) atoms. The highest BCUT2D eigenvalue weighted by atomic mass is 15.1. The summed E-state index contributed by atoms with van der Waals surface area (Å²) in [7, 11) is 0. The number of allylic oxidation sites excluding steroid dienone is 4. The number of hydrogen-bond donors (Lipinski definition) is 1. The van der Waals surface area contributed by atoms with Gasteiger partial charge in [-0.15, -0.1) is 0 Å². The summed E-state index contributed by atoms with van der Waals surface area (Å²) in [6.45, 7) is 6.63. The maximum absolute atomic E-state index is 7.20. The van der Waals surface area contributed by atoms with Crippen LogP contribution in [0, 0.1) is 6.92 Å². The van der Waals surface area contributed by atoms with Gasteiger partial charge in [0.1, 0.15) is 0 Å². The Hall–Kier alpha value is -7.10. The number of rotatable bonds is 4. The van der Waals surface area contributed by atoms with E-state index in [0.29, 0.717) is 0 Å². The van der Waals surface area contributed by atoms with Gasteiger partial charge in [0.05, 0.1) is 16.7 Å². The second-order valence-electron chi connectivity index (χ2n) is 14.1. The molecule has 1 aromatic heterocycles. The SMILES string of the molecule is C=C1/C=C\C=C/N(c2ccccc2)c2ccc(-c3ccc4c(c3)c3ccccc3n4-c3cccc(/C(N)=C4\c5ccccc5-c5cccc(C)c54)c3)cc21. The fourth-order valence-corrected chi connectivity index (χ4v) is 8.44. The zero-order chi connectivity index (χ0) is 36.3. The molecular formula is C51H37N3. The molecule has 2 N–H and O–H groups in total. The lowest BCUT2D eigenvalue weighted by atomic mass is 9.95. The van der Waals surface area contributed by atoms with Crippen LogP contribution < -0.4 is 10.6 Å². The summed E-state index contributed by atoms with van der Waals surface area (Å²) >= 11 is 0. The van der Waals surface area contributed by atoms with Crippen LogP contribution in [-0.2, 0) is 0 Å². The summed E-state index contributed by atoms with van der Waals surface area (Å²) < 4.78 is 2.37. The molecule has 0 saturated carbocycles. The van der Waals surface area contributed by atoms with Crippen LogP contribution in [0.2, 0.25) is 0 Å². The van der Waals surface area contributed by atoms with Crippen molar-refractivity contribution >= 4 is 50.0 Å². The number of nitrogens with two attached hydrogens (primary N) is 1. The highest BCUT2D eigenvalue weighted by Gasteiger charge is 2.27. The van der Waals surface area contributed by atoms with Crippen molar-refractivity contribution in [3.8, 4) is 27.9 Å². The third kappa shape index (κ3) is 4.97. The quantitative estimate of drug-likeness (QED) is 0.199. The largest absolute Gasteiger partial charge is 0.398 e. The van der Waals surface area contributed by atoms with Crippen molar-refractivity contribution in [1.82, 2.24) is 4.57 Å². The number of anilines is 2. The lowest BCUT2D eigenvalue weighted by Gasteiger charge is -2.25. The maximum Gasteiger partial charge on any atom is 0.0541 e. The van der Waals surface area contributed by atoms with Crippen molar-refractivity contribution in [2.45, 2.75) is 6.92 Å². The zero-order valence-corrected chi connectivity index (χ0v) is 30.0. The van der Waals surface area contributed by atoms with Crippen LogP contribution in [0.1, 0.15) is 27.8 Å². The van der Waals surface area contributed by atoms with Crippen LogP contribution in [0.15, 0.2) is 189 Å². The van der Waals surface area contributed by atoms with E-state index in [0.717, 1.165) is 67.2 Å². The molecule has 0 spiro atoms. The van der Waals surface area contributed by atoms with Crippen molar-refractivity contribution < 1.29 is 0 Å². The van der Waals surface area contributed by atoms with E-state index < -0.39 is 0 Å². The highest BCUT2D eigenvalue weighted by Crippen LogP contribution is 2.48. The monoisotopic (exact) mass is 691 g/mol. The van der Waals surface area contributed by atoms with Crippen LogP contribution in [0.5, 0.6) is 0 Å². The van der Waals surface area contributed by atoms with E-state index in [9.17, 15) is 0 Å². The van der Waals surface area contributed by atoms with Crippen molar-refractivity contribution in [2.24, 2.45) is 5.73 Å². The van der Waals surface area contributed by atoms with E-state index in [1.165, 1.54) is 38.6 Å². The number of nitrogens with zero attached hydrogens (tertiary/aromatic N) is 2. The Morgan fingerprint density at radius 1 is 0.556 bits per heavy atom. The van der Waals surface area contributed by atoms with Gasteiger partial charge < -0.3 is 15.2 Å². The van der Waals surface area contributed by atoms with Gasteiger partial charge >= 0.3 is 0 Å². The standard InChI is InChI=1S/C51H37N3/c1-33-14-10-11-29-53(38-17-4-3-5-18-38)46-27-25-35(31-44(33)46)36-26-28-48-45(32-36)41-21-8-9-24-47(41)54(48)39-19-13-16-37(30-39)51(52)50-43-22-7-6-20-40(43)42-23-12-15-34(2)49(42)50/h3-32H,1,52H2,2H3/b14-10-,29-11-,51-50-. The van der Waals surface area contributed by atoms with Crippen molar-refractivity contribution in [1.29, 1.82) is 0 Å². The summed E-state index contributed by atoms with van der Waals surface area (Å²) in [6.07, 6.45) is 8.32. The van der Waals surface area contributed by atoms with Gasteiger partial charge in [-0.05, 0) is 112 Å². The summed E-state index contributed by atoms with van der Waals surface area (Å²) in [5, 5.41) is 2.41. The molecular weight excluding hydrogens is 655 g/mol. The summed E-state index contributed by atoms with van der Waals surface area (Å²) in [6, 6.07) is 56.5. The van der Waals surface area contributed by atoms with Gasteiger partial charge in [0.2, 0.25) is 0 Å². The molecule has 3 nitrogen and oxygen atoms in total. The van der Waals surface area contributed by atoms with Crippen LogP contribution in [0.25, 0.3) is 66.6 Å². The van der Waals surface area contributed by atoms with Gasteiger partial charge in [-0.2, -0.15) is 0 Å². The predicted octanol–water partition coefficient (Wildman–Crippen LogP) is 12.8. The number of aryl methyl sites for hydroxylation is 1. The fourth-order valence-electron chi connectivity index (χ4n) is 8.44. The third-order valence-electron chi connectivity index (χ3n) is 11.0. The first-order valence-corrected chi connectivity index (χ1v) is 18.4. The average molecular weight is 692 g/mol. The van der Waals surface area contributed by atoms with Gasteiger partial charge in [-0.1, -0.05) is 122 Å². The summed E-state index contributed by atoms with van der Waals surface area (Å²) in [5.74, 6) is 0. The van der Waals surface area contributed by atoms with Gasteiger partial charge in [-0.3, -0.25) is 0 Å². The molecule has 10 rings (SSSR count). The number of aromatic nitrogens is 1. The fraction of sp³-hybridized carbons (Fsp3) is 0.0196. The van der Waals surface area contributed by atoms with Crippen LogP contribution in [0.4, 0.5) is 11.4 Å². The highest BCUT2D eigenvalue weighted by molar-refractivity contribution is 6.12. The molecule has 256 valence electrons. The first-order chi connectivity index (χ1) is 26.5. The smallest absolute Gasteiger partial charge is 0.0541 e. The Kier molecular flexibility index (Phi) is 7.34. The molecule has 0 saturated heterocycles. The molecule has 1 aliphatic heterocycles. The van der Waals surface area contributed by atoms with E-state index in [1.807, 2.05) is 6.07 Å². The van der Waals surface area contributed by atoms with E-state index in [-0.39, 0.29) is 0 Å². The van der Waals surface area contributed by atoms with E-state index >= 15 is 0 Å². The average Bonchev–Trinajstić information content (AvgIpc) is 3.74. The Bertz CT molecular complexity index is 2920. The molecule has 0 radical (unpaired) electrons. The van der Waals surface area contributed by atoms with Crippen molar-refractivity contribution in [3.05, 3.63) is 217 Å². The van der Waals surface area contributed by atoms with Gasteiger partial charge in [-0.25, -0.2) is 0 Å². The molecule has 0 fully saturated rings. The normalized spacial score (nSPS) is 15.4. The zero-order valence-electron chi connectivity index (χ0n) is 30.0. The van der Waals surface area contributed by atoms with Crippen LogP contribution >= 0.6 is 0 Å². The molecule has 0 unspecified atom stereocenters. The Balaban J connectivity index is 1.10. The minimum atomic E-state index is 0.789. The predicted molar refractivity (Wildman–Crippen MR) is 229 cm³/mol. The maximum atomic E-state index is 7.20. The molecule has 1 aliphatic carbocycles. The minimum absolute atomic E-state index is 0.789. The van der Waals surface area contributed by atoms with Crippen LogP contribution in [0.3, 0.4) is 0 Å². The van der Waals surface area contributed by atoms with E-state index in [2.05, 4.69) is 199 Å². The number of hydrogen-bond acceptors (Lipinski definition) is 2. The first-order valence-electron chi connectivity index (χ1n) is 18.4. The number of fused-ring (bicyclic) bond motifs is 7.